The molecule has 6 unspecified atom stereocenters. The van der Waals surface area contributed by atoms with Crippen LogP contribution in [0.15, 0.2) is 0 Å². The molecule has 0 aromatic heterocycles. The normalized spacial score (nSPS) is 16.3. The van der Waals surface area contributed by atoms with Gasteiger partial charge in [0.2, 0.25) is 29.5 Å². The minimum absolute atomic E-state index is 0.0185. The fraction of sp³-hybridized carbons (Fsp3) is 0.806. The second-order valence-corrected chi connectivity index (χ2v) is 13.4. The van der Waals surface area contributed by atoms with Crippen molar-refractivity contribution in [2.75, 3.05) is 0 Å². The van der Waals surface area contributed by atoms with E-state index in [1.165, 1.54) is 13.8 Å². The third-order valence-electron chi connectivity index (χ3n) is 7.14. The van der Waals surface area contributed by atoms with Crippen LogP contribution in [0.25, 0.3) is 0 Å². The molecule has 260 valence electrons. The lowest BCUT2D eigenvalue weighted by Gasteiger charge is -2.31. The second kappa shape index (κ2) is 20.0. The lowest BCUT2D eigenvalue weighted by molar-refractivity contribution is -0.140. The van der Waals surface area contributed by atoms with Crippen LogP contribution in [0.5, 0.6) is 0 Å². The van der Waals surface area contributed by atoms with Gasteiger partial charge in [0.1, 0.15) is 18.1 Å². The van der Waals surface area contributed by atoms with Crippen molar-refractivity contribution in [2.24, 2.45) is 23.7 Å². The highest BCUT2D eigenvalue weighted by molar-refractivity contribution is 5.92. The first-order valence-electron chi connectivity index (χ1n) is 15.7. The standard InChI is InChI=1S/C31H57N5O9/c1-15(2)11-21(35-30(44)28(18(7)8)36-31(45)27(17(5)6)33-20(10)37)23(38)13-25(40)32-19(9)29(43)34-22(12-16(3)4)24(39)14-26(41)42/h15-19,21-24,27-28,38-39H,11-14H2,1-10H3,(H,32,40)(H,33,37)(H,34,43)(H,35,44)(H,36,45)(H,41,42)/t19?,21?,22?,23-,24?,27?,28?/m1/s1. The molecule has 7 atom stereocenters. The summed E-state index contributed by atoms with van der Waals surface area (Å²) in [5, 5.41) is 43.5. The molecule has 0 spiro atoms. The van der Waals surface area contributed by atoms with Gasteiger partial charge >= 0.3 is 5.97 Å². The molecule has 0 aliphatic heterocycles. The van der Waals surface area contributed by atoms with E-state index in [0.29, 0.717) is 12.8 Å². The molecule has 14 nitrogen and oxygen atoms in total. The number of aliphatic carboxylic acids is 1. The molecule has 0 saturated heterocycles. The van der Waals surface area contributed by atoms with Gasteiger partial charge in [-0.15, -0.1) is 0 Å². The summed E-state index contributed by atoms with van der Waals surface area (Å²) in [7, 11) is 0. The van der Waals surface area contributed by atoms with E-state index < -0.39 is 84.9 Å². The lowest BCUT2D eigenvalue weighted by Crippen LogP contribution is -2.59. The van der Waals surface area contributed by atoms with Crippen LogP contribution in [0, 0.1) is 23.7 Å². The molecule has 0 fully saturated rings. The minimum atomic E-state index is -1.33. The van der Waals surface area contributed by atoms with Crippen LogP contribution in [0.1, 0.15) is 94.9 Å². The first-order chi connectivity index (χ1) is 20.7. The largest absolute Gasteiger partial charge is 0.481 e. The molecule has 0 aromatic carbocycles. The van der Waals surface area contributed by atoms with E-state index in [4.69, 9.17) is 5.11 Å². The summed E-state index contributed by atoms with van der Waals surface area (Å²) in [6.45, 7) is 17.2. The fourth-order valence-corrected chi connectivity index (χ4v) is 4.77. The Morgan fingerprint density at radius 3 is 1.36 bits per heavy atom. The number of hydrogen-bond donors (Lipinski definition) is 8. The van der Waals surface area contributed by atoms with Crippen molar-refractivity contribution < 1.29 is 44.1 Å². The summed E-state index contributed by atoms with van der Waals surface area (Å²) in [4.78, 5) is 74.6. The third kappa shape index (κ3) is 16.6. The first kappa shape index (κ1) is 41.7. The lowest BCUT2D eigenvalue weighted by atomic mass is 9.95. The van der Waals surface area contributed by atoms with Crippen molar-refractivity contribution in [3.8, 4) is 0 Å². The highest BCUT2D eigenvalue weighted by atomic mass is 16.4. The Morgan fingerprint density at radius 2 is 0.956 bits per heavy atom. The number of carbonyl (C=O) groups is 6. The third-order valence-corrected chi connectivity index (χ3v) is 7.14. The van der Waals surface area contributed by atoms with Crippen LogP contribution in [0.4, 0.5) is 0 Å². The highest BCUT2D eigenvalue weighted by Crippen LogP contribution is 2.14. The number of hydrogen-bond acceptors (Lipinski definition) is 8. The molecule has 5 amide bonds. The Bertz CT molecular complexity index is 1000. The van der Waals surface area contributed by atoms with Crippen molar-refractivity contribution >= 4 is 35.5 Å². The molecule has 0 heterocycles. The number of nitrogens with one attached hydrogen (secondary N) is 5. The van der Waals surface area contributed by atoms with Gasteiger partial charge in [-0.2, -0.15) is 0 Å². The Balaban J connectivity index is 5.54. The van der Waals surface area contributed by atoms with Crippen molar-refractivity contribution in [1.82, 2.24) is 26.6 Å². The summed E-state index contributed by atoms with van der Waals surface area (Å²) >= 11 is 0. The first-order valence-corrected chi connectivity index (χ1v) is 15.7. The Morgan fingerprint density at radius 1 is 0.556 bits per heavy atom. The molecule has 8 N–H and O–H groups in total. The fourth-order valence-electron chi connectivity index (χ4n) is 4.77. The number of carbonyl (C=O) groups excluding carboxylic acids is 5. The van der Waals surface area contributed by atoms with E-state index in [2.05, 4.69) is 26.6 Å². The van der Waals surface area contributed by atoms with Gasteiger partial charge in [0.05, 0.1) is 37.1 Å². The second-order valence-electron chi connectivity index (χ2n) is 13.4. The predicted octanol–water partition coefficient (Wildman–Crippen LogP) is 0.441. The summed E-state index contributed by atoms with van der Waals surface area (Å²) < 4.78 is 0. The number of carboxylic acid groups (broad SMARTS) is 1. The summed E-state index contributed by atoms with van der Waals surface area (Å²) in [6, 6.07) is -4.59. The van der Waals surface area contributed by atoms with Crippen LogP contribution < -0.4 is 26.6 Å². The van der Waals surface area contributed by atoms with E-state index in [1.54, 1.807) is 27.7 Å². The number of aliphatic hydroxyl groups is 2. The topological polar surface area (TPSA) is 223 Å². The molecule has 0 radical (unpaired) electrons. The number of carboxylic acids is 1. The van der Waals surface area contributed by atoms with Crippen LogP contribution in [-0.4, -0.2) is 93.2 Å². The molecule has 0 aliphatic rings. The molecule has 0 aliphatic carbocycles. The zero-order chi connectivity index (χ0) is 35.2. The molecule has 0 bridgehead atoms. The number of rotatable bonds is 20. The van der Waals surface area contributed by atoms with Crippen molar-refractivity contribution in [2.45, 2.75) is 137 Å². The van der Waals surface area contributed by atoms with E-state index in [0.717, 1.165) is 0 Å². The summed E-state index contributed by atoms with van der Waals surface area (Å²) in [5.74, 6) is -4.48. The van der Waals surface area contributed by atoms with E-state index >= 15 is 0 Å². The zero-order valence-corrected chi connectivity index (χ0v) is 28.5. The molecular formula is C31H57N5O9. The van der Waals surface area contributed by atoms with Gasteiger partial charge < -0.3 is 41.9 Å². The van der Waals surface area contributed by atoms with Gasteiger partial charge in [0.15, 0.2) is 0 Å². The average Bonchev–Trinajstić information content (AvgIpc) is 2.87. The van der Waals surface area contributed by atoms with E-state index in [1.807, 2.05) is 27.7 Å². The Hall–Kier alpha value is -3.26. The number of aliphatic hydroxyl groups excluding tert-OH is 2. The van der Waals surface area contributed by atoms with E-state index in [9.17, 15) is 39.0 Å². The van der Waals surface area contributed by atoms with Crippen molar-refractivity contribution in [3.05, 3.63) is 0 Å². The van der Waals surface area contributed by atoms with Crippen LogP contribution in [-0.2, 0) is 28.8 Å². The van der Waals surface area contributed by atoms with Crippen LogP contribution >= 0.6 is 0 Å². The molecule has 0 aromatic rings. The maximum Gasteiger partial charge on any atom is 0.306 e. The molecule has 14 heteroatoms. The summed E-state index contributed by atoms with van der Waals surface area (Å²) in [6.07, 6.45) is -3.01. The molecule has 0 saturated carbocycles. The zero-order valence-electron chi connectivity index (χ0n) is 28.5. The monoisotopic (exact) mass is 643 g/mol. The number of amides is 5. The average molecular weight is 644 g/mol. The summed E-state index contributed by atoms with van der Waals surface area (Å²) in [5.41, 5.74) is 0. The minimum Gasteiger partial charge on any atom is -0.481 e. The molecular weight excluding hydrogens is 586 g/mol. The maximum absolute atomic E-state index is 13.3. The molecule has 0 rings (SSSR count). The Labute approximate surface area is 267 Å². The smallest absolute Gasteiger partial charge is 0.306 e. The van der Waals surface area contributed by atoms with E-state index in [-0.39, 0.29) is 29.6 Å². The van der Waals surface area contributed by atoms with Gasteiger partial charge in [-0.1, -0.05) is 55.4 Å². The SMILES string of the molecule is CC(=O)NC(C(=O)NC(C(=O)NC(CC(C)C)[C@H](O)CC(=O)NC(C)C(=O)NC(CC(C)C)C(O)CC(=O)O)C(C)C)C(C)C. The van der Waals surface area contributed by atoms with Gasteiger partial charge in [0, 0.05) is 6.92 Å². The van der Waals surface area contributed by atoms with Gasteiger partial charge in [0.25, 0.3) is 0 Å². The van der Waals surface area contributed by atoms with Crippen LogP contribution in [0.3, 0.4) is 0 Å². The van der Waals surface area contributed by atoms with Crippen molar-refractivity contribution in [1.29, 1.82) is 0 Å². The van der Waals surface area contributed by atoms with Crippen LogP contribution in [0.2, 0.25) is 0 Å². The van der Waals surface area contributed by atoms with Crippen molar-refractivity contribution in [3.63, 3.8) is 0 Å². The Kier molecular flexibility index (Phi) is 18.5. The van der Waals surface area contributed by atoms with Gasteiger partial charge in [-0.25, -0.2) is 0 Å². The maximum atomic E-state index is 13.3. The molecule has 45 heavy (non-hydrogen) atoms. The van der Waals surface area contributed by atoms with Gasteiger partial charge in [-0.3, -0.25) is 28.8 Å². The quantitative estimate of drug-likeness (QED) is 0.0920. The van der Waals surface area contributed by atoms with Gasteiger partial charge in [-0.05, 0) is 43.4 Å². The highest BCUT2D eigenvalue weighted by Gasteiger charge is 2.33. The predicted molar refractivity (Wildman–Crippen MR) is 168 cm³/mol.